The van der Waals surface area contributed by atoms with Crippen molar-refractivity contribution >= 4 is 30.6 Å². The van der Waals surface area contributed by atoms with E-state index >= 15 is 0 Å². The van der Waals surface area contributed by atoms with Crippen LogP contribution < -0.4 is 15.3 Å². The zero-order chi connectivity index (χ0) is 29.3. The fraction of sp³-hybridized carbons (Fsp3) is 0.519. The minimum Gasteiger partial charge on any atom is -0.464 e. The van der Waals surface area contributed by atoms with Crippen molar-refractivity contribution in [2.75, 3.05) is 12.3 Å². The molecule has 0 bridgehead atoms. The van der Waals surface area contributed by atoms with Crippen molar-refractivity contribution in [3.63, 3.8) is 0 Å². The Labute approximate surface area is 233 Å². The number of hydrogen-bond donors (Lipinski definition) is 3. The van der Waals surface area contributed by atoms with Gasteiger partial charge >= 0.3 is 13.7 Å². The lowest BCUT2D eigenvalue weighted by Crippen LogP contribution is -2.38. The van der Waals surface area contributed by atoms with Gasteiger partial charge in [0.1, 0.15) is 35.2 Å². The number of nitrogens with one attached hydrogen (secondary N) is 1. The summed E-state index contributed by atoms with van der Waals surface area (Å²) in [6, 6.07) is 9.25. The average molecular weight is 576 g/mol. The number of hydrogen-bond acceptors (Lipinski definition) is 10. The van der Waals surface area contributed by atoms with Crippen LogP contribution in [-0.2, 0) is 23.4 Å². The molecule has 0 aliphatic carbocycles. The summed E-state index contributed by atoms with van der Waals surface area (Å²) >= 11 is 0. The van der Waals surface area contributed by atoms with Crippen molar-refractivity contribution in [3.8, 4) is 5.75 Å². The number of aliphatic hydroxyl groups is 1. The number of ether oxygens (including phenoxy) is 2. The van der Waals surface area contributed by atoms with E-state index in [-0.39, 0.29) is 24.2 Å². The standard InChI is InChI=1S/C27H38N5O7P/c1-17(24(33)36-15-26(3,4)5)31-40(35,39-19-10-8-7-9-11-19)38-18(2)21-14-27(6,34)25(37-21)32-13-12-20-22(28)29-16-30-23(20)32/h7-13,16-18,21,25,34H,14-15H2,1-6H3,(H,31,35)(H2,28,29,30)/t17-,18?,21-,25+,27+,40?/m0/s1. The van der Waals surface area contributed by atoms with Gasteiger partial charge < -0.3 is 29.4 Å². The third-order valence-corrected chi connectivity index (χ3v) is 8.16. The summed E-state index contributed by atoms with van der Waals surface area (Å²) < 4.78 is 39.1. The van der Waals surface area contributed by atoms with Crippen LogP contribution in [-0.4, -0.2) is 56.1 Å². The van der Waals surface area contributed by atoms with Crippen molar-refractivity contribution in [1.29, 1.82) is 0 Å². The van der Waals surface area contributed by atoms with Gasteiger partial charge in [-0.2, -0.15) is 5.09 Å². The van der Waals surface area contributed by atoms with Crippen LogP contribution in [0.5, 0.6) is 5.75 Å². The molecule has 0 spiro atoms. The number of nitrogens with two attached hydrogens (primary N) is 1. The Morgan fingerprint density at radius 3 is 2.65 bits per heavy atom. The van der Waals surface area contributed by atoms with Crippen molar-refractivity contribution in [1.82, 2.24) is 19.6 Å². The second kappa shape index (κ2) is 11.5. The number of nitrogens with zero attached hydrogens (tertiary/aromatic N) is 3. The quantitative estimate of drug-likeness (QED) is 0.235. The normalized spacial score (nSPS) is 24.4. The average Bonchev–Trinajstić information content (AvgIpc) is 3.43. The van der Waals surface area contributed by atoms with Crippen LogP contribution >= 0.6 is 7.75 Å². The van der Waals surface area contributed by atoms with E-state index in [0.29, 0.717) is 16.9 Å². The largest absolute Gasteiger partial charge is 0.464 e. The van der Waals surface area contributed by atoms with Gasteiger partial charge in [-0.15, -0.1) is 0 Å². The molecule has 4 N–H and O–H groups in total. The maximum absolute atomic E-state index is 14.0. The first-order valence-electron chi connectivity index (χ1n) is 13.1. The number of esters is 1. The van der Waals surface area contributed by atoms with Gasteiger partial charge in [-0.1, -0.05) is 39.0 Å². The van der Waals surface area contributed by atoms with Gasteiger partial charge in [-0.25, -0.2) is 14.5 Å². The summed E-state index contributed by atoms with van der Waals surface area (Å²) in [5, 5.41) is 14.6. The molecule has 3 aromatic rings. The predicted molar refractivity (Wildman–Crippen MR) is 149 cm³/mol. The molecule has 0 saturated carbocycles. The van der Waals surface area contributed by atoms with E-state index in [4.69, 9.17) is 24.3 Å². The maximum Gasteiger partial charge on any atom is 0.459 e. The topological polar surface area (TPSA) is 160 Å². The number of para-hydroxylation sites is 1. The third-order valence-electron chi connectivity index (χ3n) is 6.39. The summed E-state index contributed by atoms with van der Waals surface area (Å²) in [4.78, 5) is 21.0. The molecule has 6 atom stereocenters. The molecular weight excluding hydrogens is 537 g/mol. The van der Waals surface area contributed by atoms with Crippen molar-refractivity contribution in [3.05, 3.63) is 48.9 Å². The van der Waals surface area contributed by atoms with E-state index in [0.717, 1.165) is 0 Å². The Hall–Kier alpha value is -3.02. The highest BCUT2D eigenvalue weighted by Gasteiger charge is 2.49. The zero-order valence-corrected chi connectivity index (χ0v) is 24.5. The van der Waals surface area contributed by atoms with Crippen LogP contribution in [0.3, 0.4) is 0 Å². The SMILES string of the molecule is CC(OP(=O)(N[C@@H](C)C(=O)OCC(C)(C)C)Oc1ccccc1)[C@@H]1C[C@@](C)(O)[C@H](n2ccc3c(N)ncnc32)O1. The highest BCUT2D eigenvalue weighted by Crippen LogP contribution is 2.49. The molecule has 40 heavy (non-hydrogen) atoms. The molecule has 2 unspecified atom stereocenters. The number of nitrogen functional groups attached to an aromatic ring is 1. The van der Waals surface area contributed by atoms with Gasteiger partial charge in [-0.05, 0) is 44.4 Å². The first kappa shape index (κ1) is 30.0. The molecule has 12 nitrogen and oxygen atoms in total. The van der Waals surface area contributed by atoms with Gasteiger partial charge in [0.25, 0.3) is 0 Å². The molecule has 1 aromatic carbocycles. The maximum atomic E-state index is 14.0. The highest BCUT2D eigenvalue weighted by atomic mass is 31.2. The second-order valence-electron chi connectivity index (χ2n) is 11.5. The summed E-state index contributed by atoms with van der Waals surface area (Å²) in [6.45, 7) is 10.8. The molecule has 3 heterocycles. The van der Waals surface area contributed by atoms with Crippen LogP contribution in [0.25, 0.3) is 11.0 Å². The number of anilines is 1. The smallest absolute Gasteiger partial charge is 0.459 e. The molecule has 1 fully saturated rings. The molecule has 218 valence electrons. The third kappa shape index (κ3) is 7.00. The molecule has 2 aromatic heterocycles. The van der Waals surface area contributed by atoms with E-state index in [1.54, 1.807) is 61.0 Å². The van der Waals surface area contributed by atoms with Gasteiger partial charge in [-0.3, -0.25) is 9.32 Å². The molecule has 0 amide bonds. The number of benzene rings is 1. The van der Waals surface area contributed by atoms with Gasteiger partial charge in [0.2, 0.25) is 0 Å². The number of fused-ring (bicyclic) bond motifs is 1. The van der Waals surface area contributed by atoms with Crippen LogP contribution in [0.1, 0.15) is 54.2 Å². The monoisotopic (exact) mass is 575 g/mol. The van der Waals surface area contributed by atoms with Crippen LogP contribution in [0.4, 0.5) is 5.82 Å². The Bertz CT molecular complexity index is 1370. The first-order chi connectivity index (χ1) is 18.7. The predicted octanol–water partition coefficient (Wildman–Crippen LogP) is 4.21. The van der Waals surface area contributed by atoms with E-state index < -0.39 is 43.8 Å². The van der Waals surface area contributed by atoms with E-state index in [9.17, 15) is 14.5 Å². The first-order valence-corrected chi connectivity index (χ1v) is 14.6. The molecule has 0 radical (unpaired) electrons. The summed E-state index contributed by atoms with van der Waals surface area (Å²) in [5.74, 6) is 0.00729. The molecule has 4 rings (SSSR count). The van der Waals surface area contributed by atoms with Gasteiger partial charge in [0.15, 0.2) is 6.23 Å². The Kier molecular flexibility index (Phi) is 8.58. The molecular formula is C27H38N5O7P. The van der Waals surface area contributed by atoms with Gasteiger partial charge in [0.05, 0.1) is 24.2 Å². The molecule has 13 heteroatoms. The van der Waals surface area contributed by atoms with E-state index in [1.165, 1.54) is 13.3 Å². The van der Waals surface area contributed by atoms with E-state index in [1.807, 2.05) is 20.8 Å². The lowest BCUT2D eigenvalue weighted by molar-refractivity contribution is -0.148. The summed E-state index contributed by atoms with van der Waals surface area (Å²) in [7, 11) is -4.15. The van der Waals surface area contributed by atoms with Crippen molar-refractivity contribution in [2.24, 2.45) is 5.41 Å². The lowest BCUT2D eigenvalue weighted by atomic mass is 9.98. The van der Waals surface area contributed by atoms with E-state index in [2.05, 4.69) is 15.1 Å². The summed E-state index contributed by atoms with van der Waals surface area (Å²) in [6.07, 6.45) is 0.889. The molecule has 1 aliphatic rings. The second-order valence-corrected chi connectivity index (χ2v) is 13.2. The van der Waals surface area contributed by atoms with Crippen molar-refractivity contribution in [2.45, 2.75) is 78.0 Å². The number of rotatable bonds is 10. The Morgan fingerprint density at radius 1 is 1.27 bits per heavy atom. The van der Waals surface area contributed by atoms with Crippen LogP contribution in [0.15, 0.2) is 48.9 Å². The zero-order valence-electron chi connectivity index (χ0n) is 23.6. The molecule has 1 aliphatic heterocycles. The highest BCUT2D eigenvalue weighted by molar-refractivity contribution is 7.52. The lowest BCUT2D eigenvalue weighted by Gasteiger charge is -2.28. The van der Waals surface area contributed by atoms with Crippen LogP contribution in [0, 0.1) is 5.41 Å². The number of carbonyl (C=O) groups excluding carboxylic acids is 1. The van der Waals surface area contributed by atoms with Crippen LogP contribution in [0.2, 0.25) is 0 Å². The van der Waals surface area contributed by atoms with Gasteiger partial charge in [0, 0.05) is 12.6 Å². The number of carbonyl (C=O) groups is 1. The fourth-order valence-electron chi connectivity index (χ4n) is 4.38. The fourth-order valence-corrected chi connectivity index (χ4v) is 6.09. The van der Waals surface area contributed by atoms with Crippen molar-refractivity contribution < 1.29 is 33.0 Å². The molecule has 1 saturated heterocycles. The Morgan fingerprint density at radius 2 is 1.98 bits per heavy atom. The minimum absolute atomic E-state index is 0.160. The Balaban J connectivity index is 1.52. The summed E-state index contributed by atoms with van der Waals surface area (Å²) in [5.41, 5.74) is 4.92. The number of aromatic nitrogens is 3. The minimum atomic E-state index is -4.15.